The second-order valence-electron chi connectivity index (χ2n) is 7.26. The van der Waals surface area contributed by atoms with E-state index < -0.39 is 5.91 Å². The Labute approximate surface area is 187 Å². The summed E-state index contributed by atoms with van der Waals surface area (Å²) in [4.78, 5) is 32.4. The number of hydrogen-bond acceptors (Lipinski definition) is 6. The lowest BCUT2D eigenvalue weighted by Crippen LogP contribution is -2.24. The lowest BCUT2D eigenvalue weighted by Gasteiger charge is -2.10. The van der Waals surface area contributed by atoms with Crippen LogP contribution in [0.15, 0.2) is 57.9 Å². The molecule has 162 valence electrons. The predicted octanol–water partition coefficient (Wildman–Crippen LogP) is 3.38. The van der Waals surface area contributed by atoms with Crippen molar-refractivity contribution in [3.05, 3.63) is 75.4 Å². The van der Waals surface area contributed by atoms with E-state index in [0.29, 0.717) is 40.0 Å². The molecule has 2 N–H and O–H groups in total. The zero-order valence-electron chi connectivity index (χ0n) is 16.8. The first-order valence-electron chi connectivity index (χ1n) is 10.0. The van der Waals surface area contributed by atoms with Crippen molar-refractivity contribution < 1.29 is 13.9 Å². The third-order valence-electron chi connectivity index (χ3n) is 5.06. The maximum atomic E-state index is 12.6. The summed E-state index contributed by atoms with van der Waals surface area (Å²) in [5.74, 6) is 1.17. The van der Waals surface area contributed by atoms with Crippen LogP contribution in [0.5, 0.6) is 5.75 Å². The number of benzene rings is 1. The number of nitrogens with one attached hydrogen (secondary N) is 2. The summed E-state index contributed by atoms with van der Waals surface area (Å²) in [7, 11) is 0. The van der Waals surface area contributed by atoms with Crippen molar-refractivity contribution in [3.63, 3.8) is 0 Å². The molecule has 0 spiro atoms. The number of carbonyl (C=O) groups excluding carboxylic acids is 1. The van der Waals surface area contributed by atoms with E-state index in [-0.39, 0.29) is 18.1 Å². The molecule has 0 unspecified atom stereocenters. The van der Waals surface area contributed by atoms with Crippen LogP contribution in [0.2, 0.25) is 5.02 Å². The van der Waals surface area contributed by atoms with Crippen molar-refractivity contribution in [2.45, 2.75) is 19.3 Å². The number of aromatic nitrogens is 4. The van der Waals surface area contributed by atoms with Crippen LogP contribution < -0.4 is 15.6 Å². The largest absolute Gasteiger partial charge is 0.484 e. The highest BCUT2D eigenvalue weighted by molar-refractivity contribution is 6.30. The SMILES string of the molecule is O=C(COc1ccc(Cl)cc1)Nc1cc(-c2ccco2)nn1-c1nc2c(c(=O)[nH]1)CCC2. The normalized spacial score (nSPS) is 12.5. The average molecular weight is 452 g/mol. The minimum atomic E-state index is -0.407. The van der Waals surface area contributed by atoms with Crippen molar-refractivity contribution in [3.8, 4) is 23.2 Å². The van der Waals surface area contributed by atoms with Gasteiger partial charge in [-0.1, -0.05) is 11.6 Å². The van der Waals surface area contributed by atoms with Gasteiger partial charge in [0.15, 0.2) is 12.4 Å². The number of fused-ring (bicyclic) bond motifs is 1. The average Bonchev–Trinajstić information content (AvgIpc) is 3.53. The van der Waals surface area contributed by atoms with Crippen molar-refractivity contribution >= 4 is 23.3 Å². The van der Waals surface area contributed by atoms with Gasteiger partial charge in [0.2, 0.25) is 5.95 Å². The molecule has 0 fully saturated rings. The Bertz CT molecular complexity index is 1330. The number of aryl methyl sites for hydroxylation is 1. The highest BCUT2D eigenvalue weighted by Crippen LogP contribution is 2.25. The molecule has 5 rings (SSSR count). The summed E-state index contributed by atoms with van der Waals surface area (Å²) in [6.07, 6.45) is 3.86. The summed E-state index contributed by atoms with van der Waals surface area (Å²) in [5.41, 5.74) is 1.74. The molecule has 9 nitrogen and oxygen atoms in total. The van der Waals surface area contributed by atoms with Crippen molar-refractivity contribution in [1.29, 1.82) is 0 Å². The van der Waals surface area contributed by atoms with Crippen LogP contribution in [-0.2, 0) is 17.6 Å². The second kappa shape index (κ2) is 8.35. The Morgan fingerprint density at radius 1 is 1.25 bits per heavy atom. The Kier molecular flexibility index (Phi) is 5.24. The molecule has 10 heteroatoms. The van der Waals surface area contributed by atoms with Crippen LogP contribution in [0.4, 0.5) is 5.82 Å². The first-order chi connectivity index (χ1) is 15.6. The third kappa shape index (κ3) is 4.02. The molecule has 0 saturated heterocycles. The zero-order chi connectivity index (χ0) is 22.1. The summed E-state index contributed by atoms with van der Waals surface area (Å²) in [5, 5.41) is 7.83. The molecule has 3 heterocycles. The number of halogens is 1. The number of anilines is 1. The fraction of sp³-hybridized carbons (Fsp3) is 0.182. The van der Waals surface area contributed by atoms with Gasteiger partial charge in [-0.05, 0) is 55.7 Å². The number of amides is 1. The maximum absolute atomic E-state index is 12.6. The van der Waals surface area contributed by atoms with Gasteiger partial charge in [-0.15, -0.1) is 0 Å². The molecule has 1 aromatic carbocycles. The van der Waals surface area contributed by atoms with Crippen molar-refractivity contribution in [2.75, 3.05) is 11.9 Å². The fourth-order valence-corrected chi connectivity index (χ4v) is 3.69. The second-order valence-corrected chi connectivity index (χ2v) is 7.70. The van der Waals surface area contributed by atoms with Gasteiger partial charge in [-0.25, -0.2) is 4.98 Å². The van der Waals surface area contributed by atoms with E-state index in [4.69, 9.17) is 20.8 Å². The Morgan fingerprint density at radius 2 is 2.09 bits per heavy atom. The number of H-pyrrole nitrogens is 1. The molecule has 0 radical (unpaired) electrons. The molecule has 1 aliphatic carbocycles. The first kappa shape index (κ1) is 20.1. The van der Waals surface area contributed by atoms with E-state index >= 15 is 0 Å². The van der Waals surface area contributed by atoms with Gasteiger partial charge in [0.25, 0.3) is 11.5 Å². The monoisotopic (exact) mass is 451 g/mol. The van der Waals surface area contributed by atoms with E-state index in [0.717, 1.165) is 18.5 Å². The predicted molar refractivity (Wildman–Crippen MR) is 117 cm³/mol. The van der Waals surface area contributed by atoms with Gasteiger partial charge < -0.3 is 14.5 Å². The summed E-state index contributed by atoms with van der Waals surface area (Å²) >= 11 is 5.86. The number of nitrogens with zero attached hydrogens (tertiary/aromatic N) is 3. The molecule has 0 saturated carbocycles. The van der Waals surface area contributed by atoms with Gasteiger partial charge in [0.05, 0.1) is 12.0 Å². The van der Waals surface area contributed by atoms with Gasteiger partial charge in [0.1, 0.15) is 17.3 Å². The van der Waals surface area contributed by atoms with E-state index in [1.807, 2.05) is 0 Å². The van der Waals surface area contributed by atoms with Gasteiger partial charge >= 0.3 is 0 Å². The van der Waals surface area contributed by atoms with Crippen LogP contribution in [-0.4, -0.2) is 32.3 Å². The van der Waals surface area contributed by atoms with Crippen LogP contribution >= 0.6 is 11.6 Å². The molecule has 1 aliphatic rings. The number of hydrogen-bond donors (Lipinski definition) is 2. The zero-order valence-corrected chi connectivity index (χ0v) is 17.6. The minimum absolute atomic E-state index is 0.194. The van der Waals surface area contributed by atoms with Crippen LogP contribution in [0.25, 0.3) is 17.4 Å². The molecule has 3 aromatic heterocycles. The number of aromatic amines is 1. The lowest BCUT2D eigenvalue weighted by atomic mass is 10.3. The van der Waals surface area contributed by atoms with E-state index in [2.05, 4.69) is 20.4 Å². The van der Waals surface area contributed by atoms with Crippen LogP contribution in [0.1, 0.15) is 17.7 Å². The number of carbonyl (C=O) groups is 1. The Hall–Kier alpha value is -3.85. The molecule has 0 bridgehead atoms. The molecular weight excluding hydrogens is 434 g/mol. The van der Waals surface area contributed by atoms with E-state index in [9.17, 15) is 9.59 Å². The lowest BCUT2D eigenvalue weighted by molar-refractivity contribution is -0.118. The van der Waals surface area contributed by atoms with Crippen molar-refractivity contribution in [1.82, 2.24) is 19.7 Å². The smallest absolute Gasteiger partial charge is 0.263 e. The van der Waals surface area contributed by atoms with E-state index in [1.54, 1.807) is 42.5 Å². The first-order valence-corrected chi connectivity index (χ1v) is 10.4. The number of rotatable bonds is 6. The summed E-state index contributed by atoms with van der Waals surface area (Å²) in [6, 6.07) is 11.8. The quantitative estimate of drug-likeness (QED) is 0.464. The highest BCUT2D eigenvalue weighted by Gasteiger charge is 2.21. The fourth-order valence-electron chi connectivity index (χ4n) is 3.56. The van der Waals surface area contributed by atoms with Gasteiger partial charge in [0, 0.05) is 16.7 Å². The van der Waals surface area contributed by atoms with Gasteiger partial charge in [-0.2, -0.15) is 9.78 Å². The Balaban J connectivity index is 1.43. The minimum Gasteiger partial charge on any atom is -0.484 e. The van der Waals surface area contributed by atoms with Crippen LogP contribution in [0.3, 0.4) is 0 Å². The molecule has 1 amide bonds. The number of furan rings is 1. The standard InChI is InChI=1S/C22H18ClN5O4/c23-13-6-8-14(9-7-13)32-12-20(29)25-19-11-17(18-5-2-10-31-18)27-28(19)22-24-16-4-1-3-15(16)21(30)26-22/h2,5-11H,1,3-4,12H2,(H,25,29)(H,24,26,30). The Morgan fingerprint density at radius 3 is 2.88 bits per heavy atom. The maximum Gasteiger partial charge on any atom is 0.263 e. The molecular formula is C22H18ClN5O4. The van der Waals surface area contributed by atoms with E-state index in [1.165, 1.54) is 10.9 Å². The number of ether oxygens (including phenoxy) is 1. The molecule has 32 heavy (non-hydrogen) atoms. The van der Waals surface area contributed by atoms with Gasteiger partial charge in [-0.3, -0.25) is 14.6 Å². The van der Waals surface area contributed by atoms with Crippen molar-refractivity contribution in [2.24, 2.45) is 0 Å². The topological polar surface area (TPSA) is 115 Å². The third-order valence-corrected chi connectivity index (χ3v) is 5.32. The highest BCUT2D eigenvalue weighted by atomic mass is 35.5. The molecule has 4 aromatic rings. The van der Waals surface area contributed by atoms with Crippen LogP contribution in [0, 0.1) is 0 Å². The summed E-state index contributed by atoms with van der Waals surface area (Å²) < 4.78 is 12.3. The molecule has 0 atom stereocenters. The molecule has 0 aliphatic heterocycles. The summed E-state index contributed by atoms with van der Waals surface area (Å²) in [6.45, 7) is -0.225.